The number of ether oxygens (including phenoxy) is 1. The van der Waals surface area contributed by atoms with Crippen LogP contribution in [0.5, 0.6) is 5.88 Å². The first-order valence-corrected chi connectivity index (χ1v) is 5.69. The lowest BCUT2D eigenvalue weighted by atomic mass is 10.2. The molecule has 0 unspecified atom stereocenters. The van der Waals surface area contributed by atoms with Crippen molar-refractivity contribution in [2.45, 2.75) is 13.3 Å². The van der Waals surface area contributed by atoms with Crippen molar-refractivity contribution >= 4 is 11.7 Å². The van der Waals surface area contributed by atoms with E-state index in [1.165, 1.54) is 0 Å². The largest absolute Gasteiger partial charge is 0.445 e. The summed E-state index contributed by atoms with van der Waals surface area (Å²) in [4.78, 5) is 4.04. The Morgan fingerprint density at radius 3 is 3.12 bits per heavy atom. The molecule has 82 valence electrons. The van der Waals surface area contributed by atoms with Gasteiger partial charge in [-0.1, -0.05) is 6.92 Å². The summed E-state index contributed by atoms with van der Waals surface area (Å²) in [5.41, 5.74) is 1.65. The van der Waals surface area contributed by atoms with Gasteiger partial charge in [-0.3, -0.25) is 4.98 Å². The lowest BCUT2D eigenvalue weighted by molar-refractivity contribution is 0.466. The van der Waals surface area contributed by atoms with E-state index in [0.29, 0.717) is 5.88 Å². The van der Waals surface area contributed by atoms with Crippen molar-refractivity contribution in [3.63, 3.8) is 0 Å². The van der Waals surface area contributed by atoms with Crippen LogP contribution >= 0.6 is 11.7 Å². The Labute approximate surface area is 98.0 Å². The monoisotopic (exact) mass is 233 g/mol. The van der Waals surface area contributed by atoms with Crippen molar-refractivity contribution in [3.8, 4) is 17.1 Å². The summed E-state index contributed by atoms with van der Waals surface area (Å²) in [6.45, 7) is 2.04. The maximum Gasteiger partial charge on any atom is 0.258 e. The quantitative estimate of drug-likeness (QED) is 0.762. The SMILES string of the molecule is CCC=COc1nsnc1-c1cccnc1. The minimum Gasteiger partial charge on any atom is -0.445 e. The number of nitrogens with zero attached hydrogens (tertiary/aromatic N) is 3. The fourth-order valence-corrected chi connectivity index (χ4v) is 1.66. The number of pyridine rings is 1. The number of allylic oxidation sites excluding steroid dienone is 1. The average Bonchev–Trinajstić information content (AvgIpc) is 2.79. The highest BCUT2D eigenvalue weighted by Crippen LogP contribution is 2.26. The lowest BCUT2D eigenvalue weighted by Crippen LogP contribution is -1.86. The molecule has 0 saturated heterocycles. The molecule has 2 heterocycles. The van der Waals surface area contributed by atoms with E-state index in [1.807, 2.05) is 25.1 Å². The fourth-order valence-electron chi connectivity index (χ4n) is 1.15. The summed E-state index contributed by atoms with van der Waals surface area (Å²) in [6.07, 6.45) is 7.96. The molecule has 0 N–H and O–H groups in total. The Kier molecular flexibility index (Phi) is 3.61. The van der Waals surface area contributed by atoms with Gasteiger partial charge >= 0.3 is 0 Å². The molecule has 0 radical (unpaired) electrons. The van der Waals surface area contributed by atoms with Crippen LogP contribution < -0.4 is 4.74 Å². The molecule has 0 aliphatic heterocycles. The zero-order valence-corrected chi connectivity index (χ0v) is 9.65. The van der Waals surface area contributed by atoms with E-state index in [4.69, 9.17) is 4.74 Å². The molecule has 0 amide bonds. The van der Waals surface area contributed by atoms with E-state index in [9.17, 15) is 0 Å². The number of hydrogen-bond acceptors (Lipinski definition) is 5. The van der Waals surface area contributed by atoms with Crippen LogP contribution in [0.3, 0.4) is 0 Å². The maximum absolute atomic E-state index is 5.40. The molecule has 0 aliphatic carbocycles. The highest BCUT2D eigenvalue weighted by Gasteiger charge is 2.10. The summed E-state index contributed by atoms with van der Waals surface area (Å²) in [6, 6.07) is 3.79. The molecule has 2 aromatic heterocycles. The molecule has 0 spiro atoms. The second-order valence-corrected chi connectivity index (χ2v) is 3.59. The standard InChI is InChI=1S/C11H11N3OS/c1-2-3-7-15-11-10(13-16-14-11)9-5-4-6-12-8-9/h3-8H,2H2,1H3. The summed E-state index contributed by atoms with van der Waals surface area (Å²) in [5.74, 6) is 0.530. The Balaban J connectivity index is 2.23. The average molecular weight is 233 g/mol. The first-order chi connectivity index (χ1) is 7.92. The predicted molar refractivity (Wildman–Crippen MR) is 63.2 cm³/mol. The van der Waals surface area contributed by atoms with Gasteiger partial charge in [-0.05, 0) is 24.6 Å². The van der Waals surface area contributed by atoms with Gasteiger partial charge in [-0.2, -0.15) is 4.37 Å². The van der Waals surface area contributed by atoms with Crippen LogP contribution in [0, 0.1) is 0 Å². The minimum absolute atomic E-state index is 0.530. The fraction of sp³-hybridized carbons (Fsp3) is 0.182. The Morgan fingerprint density at radius 2 is 2.38 bits per heavy atom. The van der Waals surface area contributed by atoms with Crippen LogP contribution in [0.15, 0.2) is 36.9 Å². The Hall–Kier alpha value is -1.75. The first kappa shape index (κ1) is 10.8. The van der Waals surface area contributed by atoms with Gasteiger partial charge in [0.1, 0.15) is 5.69 Å². The molecular formula is C11H11N3OS. The van der Waals surface area contributed by atoms with E-state index >= 15 is 0 Å². The molecule has 0 atom stereocenters. The molecule has 2 rings (SSSR count). The molecule has 0 fully saturated rings. The van der Waals surface area contributed by atoms with E-state index < -0.39 is 0 Å². The lowest BCUT2D eigenvalue weighted by Gasteiger charge is -1.98. The van der Waals surface area contributed by atoms with E-state index in [1.54, 1.807) is 18.7 Å². The van der Waals surface area contributed by atoms with Gasteiger partial charge in [0.25, 0.3) is 5.88 Å². The van der Waals surface area contributed by atoms with Gasteiger partial charge in [0, 0.05) is 18.0 Å². The summed E-state index contributed by atoms with van der Waals surface area (Å²) in [7, 11) is 0. The summed E-state index contributed by atoms with van der Waals surface area (Å²) in [5, 5.41) is 0. The van der Waals surface area contributed by atoms with Crippen molar-refractivity contribution in [2.75, 3.05) is 0 Å². The molecule has 2 aromatic rings. The van der Waals surface area contributed by atoms with Crippen LogP contribution in [0.25, 0.3) is 11.3 Å². The van der Waals surface area contributed by atoms with Gasteiger partial charge in [0.2, 0.25) is 0 Å². The molecule has 0 bridgehead atoms. The third-order valence-electron chi connectivity index (χ3n) is 1.90. The Bertz CT molecular complexity index is 467. The number of rotatable bonds is 4. The second-order valence-electron chi connectivity index (χ2n) is 3.06. The number of aromatic nitrogens is 3. The van der Waals surface area contributed by atoms with Crippen LogP contribution in [-0.2, 0) is 0 Å². The minimum atomic E-state index is 0.530. The van der Waals surface area contributed by atoms with Gasteiger partial charge in [0.05, 0.1) is 18.0 Å². The summed E-state index contributed by atoms with van der Waals surface area (Å²) < 4.78 is 13.7. The third-order valence-corrected chi connectivity index (χ3v) is 2.42. The van der Waals surface area contributed by atoms with Crippen molar-refractivity contribution in [2.24, 2.45) is 0 Å². The smallest absolute Gasteiger partial charge is 0.258 e. The highest BCUT2D eigenvalue weighted by molar-refractivity contribution is 6.99. The van der Waals surface area contributed by atoms with Crippen LogP contribution in [-0.4, -0.2) is 13.7 Å². The zero-order chi connectivity index (χ0) is 11.2. The molecule has 0 saturated carbocycles. The summed E-state index contributed by atoms with van der Waals surface area (Å²) >= 11 is 1.13. The first-order valence-electron chi connectivity index (χ1n) is 4.96. The molecular weight excluding hydrogens is 222 g/mol. The van der Waals surface area contributed by atoms with Crippen molar-refractivity contribution in [3.05, 3.63) is 36.9 Å². The van der Waals surface area contributed by atoms with Gasteiger partial charge in [-0.25, -0.2) is 0 Å². The number of hydrogen-bond donors (Lipinski definition) is 0. The zero-order valence-electron chi connectivity index (χ0n) is 8.83. The van der Waals surface area contributed by atoms with E-state index in [2.05, 4.69) is 13.7 Å². The predicted octanol–water partition coefficient (Wildman–Crippen LogP) is 2.90. The Morgan fingerprint density at radius 1 is 1.44 bits per heavy atom. The van der Waals surface area contributed by atoms with Gasteiger partial charge in [-0.15, -0.1) is 4.37 Å². The third kappa shape index (κ3) is 2.43. The van der Waals surface area contributed by atoms with E-state index in [0.717, 1.165) is 29.4 Å². The van der Waals surface area contributed by atoms with Crippen molar-refractivity contribution < 1.29 is 4.74 Å². The maximum atomic E-state index is 5.40. The molecule has 0 aliphatic rings. The highest BCUT2D eigenvalue weighted by atomic mass is 32.1. The topological polar surface area (TPSA) is 47.9 Å². The second kappa shape index (κ2) is 5.37. The van der Waals surface area contributed by atoms with Crippen LogP contribution in [0.1, 0.15) is 13.3 Å². The molecule has 0 aromatic carbocycles. The van der Waals surface area contributed by atoms with Crippen molar-refractivity contribution in [1.82, 2.24) is 13.7 Å². The normalized spacial score (nSPS) is 10.8. The van der Waals surface area contributed by atoms with E-state index in [-0.39, 0.29) is 0 Å². The van der Waals surface area contributed by atoms with Gasteiger partial charge < -0.3 is 4.74 Å². The van der Waals surface area contributed by atoms with Gasteiger partial charge in [0.15, 0.2) is 0 Å². The molecule has 5 heteroatoms. The molecule has 4 nitrogen and oxygen atoms in total. The van der Waals surface area contributed by atoms with Crippen LogP contribution in [0.4, 0.5) is 0 Å². The van der Waals surface area contributed by atoms with Crippen molar-refractivity contribution in [1.29, 1.82) is 0 Å². The molecule has 16 heavy (non-hydrogen) atoms. The van der Waals surface area contributed by atoms with Crippen LogP contribution in [0.2, 0.25) is 0 Å².